The van der Waals surface area contributed by atoms with Gasteiger partial charge in [0, 0.05) is 22.6 Å². The zero-order valence-corrected chi connectivity index (χ0v) is 21.4. The first kappa shape index (κ1) is 25.6. The predicted octanol–water partition coefficient (Wildman–Crippen LogP) is 3.32. The summed E-state index contributed by atoms with van der Waals surface area (Å²) in [5, 5.41) is 14.0. The average Bonchev–Trinajstić information content (AvgIpc) is 2.93. The van der Waals surface area contributed by atoms with E-state index in [9.17, 15) is 14.4 Å². The highest BCUT2D eigenvalue weighted by atomic mass is 79.9. The van der Waals surface area contributed by atoms with E-state index in [0.717, 1.165) is 0 Å². The Morgan fingerprint density at radius 2 is 1.68 bits per heavy atom. The number of ether oxygens (including phenoxy) is 2. The van der Waals surface area contributed by atoms with Gasteiger partial charge in [-0.05, 0) is 40.2 Å². The third kappa shape index (κ3) is 5.67. The summed E-state index contributed by atoms with van der Waals surface area (Å²) in [6.45, 7) is 0. The fourth-order valence-electron chi connectivity index (χ4n) is 3.63. The zero-order chi connectivity index (χ0) is 26.4. The molecule has 0 unspecified atom stereocenters. The molecule has 0 saturated carbocycles. The SMILES string of the molecule is COc1cc(OC)c(/C=N\NC(=O)[C@H](NC(=O)c2ccccc2)c2n[nH]c(=O)c3ccccc23)cc1Br. The van der Waals surface area contributed by atoms with E-state index >= 15 is 0 Å². The minimum atomic E-state index is -1.27. The first-order chi connectivity index (χ1) is 17.9. The monoisotopic (exact) mass is 563 g/mol. The first-order valence-electron chi connectivity index (χ1n) is 11.0. The summed E-state index contributed by atoms with van der Waals surface area (Å²) in [6.07, 6.45) is 1.40. The van der Waals surface area contributed by atoms with E-state index in [-0.39, 0.29) is 5.69 Å². The van der Waals surface area contributed by atoms with Crippen LogP contribution < -0.4 is 25.8 Å². The normalized spacial score (nSPS) is 11.8. The van der Waals surface area contributed by atoms with E-state index in [4.69, 9.17) is 9.47 Å². The highest BCUT2D eigenvalue weighted by molar-refractivity contribution is 9.10. The van der Waals surface area contributed by atoms with Gasteiger partial charge in [0.25, 0.3) is 17.4 Å². The summed E-state index contributed by atoms with van der Waals surface area (Å²) in [4.78, 5) is 38.5. The molecule has 3 aromatic carbocycles. The number of amides is 2. The van der Waals surface area contributed by atoms with Gasteiger partial charge in [0.1, 0.15) is 17.2 Å². The maximum atomic E-state index is 13.3. The Kier molecular flexibility index (Phi) is 7.94. The van der Waals surface area contributed by atoms with Crippen LogP contribution in [-0.4, -0.2) is 42.4 Å². The third-order valence-corrected chi connectivity index (χ3v) is 6.07. The minimum Gasteiger partial charge on any atom is -0.496 e. The Hall–Kier alpha value is -4.51. The number of aromatic nitrogens is 2. The van der Waals surface area contributed by atoms with Gasteiger partial charge in [0.05, 0.1) is 30.3 Å². The Balaban J connectivity index is 1.67. The van der Waals surface area contributed by atoms with Crippen molar-refractivity contribution in [2.75, 3.05) is 14.2 Å². The van der Waals surface area contributed by atoms with E-state index in [1.54, 1.807) is 66.7 Å². The van der Waals surface area contributed by atoms with Crippen molar-refractivity contribution < 1.29 is 19.1 Å². The number of carbonyl (C=O) groups excluding carboxylic acids is 2. The van der Waals surface area contributed by atoms with Crippen LogP contribution in [0.25, 0.3) is 10.8 Å². The molecular weight excluding hydrogens is 542 g/mol. The van der Waals surface area contributed by atoms with Crippen molar-refractivity contribution in [3.63, 3.8) is 0 Å². The van der Waals surface area contributed by atoms with Gasteiger partial charge < -0.3 is 14.8 Å². The smallest absolute Gasteiger partial charge is 0.272 e. The second kappa shape index (κ2) is 11.5. The van der Waals surface area contributed by atoms with Crippen LogP contribution in [0.4, 0.5) is 0 Å². The maximum absolute atomic E-state index is 13.3. The van der Waals surface area contributed by atoms with Crippen molar-refractivity contribution in [2.24, 2.45) is 5.10 Å². The van der Waals surface area contributed by atoms with Crippen molar-refractivity contribution in [3.05, 3.63) is 98.4 Å². The van der Waals surface area contributed by atoms with Crippen molar-refractivity contribution in [2.45, 2.75) is 6.04 Å². The van der Waals surface area contributed by atoms with Gasteiger partial charge in [-0.2, -0.15) is 10.2 Å². The van der Waals surface area contributed by atoms with Crippen LogP contribution in [0.15, 0.2) is 81.1 Å². The maximum Gasteiger partial charge on any atom is 0.272 e. The van der Waals surface area contributed by atoms with Crippen LogP contribution in [0.2, 0.25) is 0 Å². The molecule has 4 rings (SSSR count). The Labute approximate surface area is 219 Å². The van der Waals surface area contributed by atoms with E-state index in [1.165, 1.54) is 20.4 Å². The van der Waals surface area contributed by atoms with Gasteiger partial charge in [-0.15, -0.1) is 0 Å². The number of hydrogen-bond acceptors (Lipinski definition) is 7. The molecule has 0 radical (unpaired) electrons. The van der Waals surface area contributed by atoms with Crippen molar-refractivity contribution in [3.8, 4) is 11.5 Å². The molecule has 2 amide bonds. The second-order valence-corrected chi connectivity index (χ2v) is 8.57. The highest BCUT2D eigenvalue weighted by Gasteiger charge is 2.27. The number of methoxy groups -OCH3 is 2. The lowest BCUT2D eigenvalue weighted by atomic mass is 10.0. The lowest BCUT2D eigenvalue weighted by Crippen LogP contribution is -2.40. The number of H-pyrrole nitrogens is 1. The molecule has 37 heavy (non-hydrogen) atoms. The molecule has 0 saturated heterocycles. The van der Waals surface area contributed by atoms with Gasteiger partial charge in [-0.1, -0.05) is 36.4 Å². The molecule has 4 aromatic rings. The van der Waals surface area contributed by atoms with Crippen molar-refractivity contribution >= 4 is 44.7 Å². The van der Waals surface area contributed by atoms with E-state index in [2.05, 4.69) is 42.0 Å². The summed E-state index contributed by atoms with van der Waals surface area (Å²) in [6, 6.07) is 17.2. The molecule has 0 aliphatic rings. The fourth-order valence-corrected chi connectivity index (χ4v) is 4.16. The Morgan fingerprint density at radius 3 is 2.38 bits per heavy atom. The lowest BCUT2D eigenvalue weighted by molar-refractivity contribution is -0.123. The van der Waals surface area contributed by atoms with Gasteiger partial charge in [0.2, 0.25) is 0 Å². The quantitative estimate of drug-likeness (QED) is 0.222. The summed E-state index contributed by atoms with van der Waals surface area (Å²) >= 11 is 3.41. The molecule has 0 aliphatic heterocycles. The summed E-state index contributed by atoms with van der Waals surface area (Å²) in [5.74, 6) is -0.127. The van der Waals surface area contributed by atoms with Crippen LogP contribution >= 0.6 is 15.9 Å². The van der Waals surface area contributed by atoms with Gasteiger partial charge in [-0.25, -0.2) is 10.5 Å². The molecule has 0 bridgehead atoms. The van der Waals surface area contributed by atoms with E-state index in [0.29, 0.717) is 37.9 Å². The Morgan fingerprint density at radius 1 is 1.00 bits per heavy atom. The topological polar surface area (TPSA) is 135 Å². The van der Waals surface area contributed by atoms with Gasteiger partial charge in [0.15, 0.2) is 6.04 Å². The number of nitrogens with one attached hydrogen (secondary N) is 3. The molecule has 11 heteroatoms. The number of hydrazone groups is 1. The number of fused-ring (bicyclic) bond motifs is 1. The molecule has 10 nitrogen and oxygen atoms in total. The number of nitrogens with zero attached hydrogens (tertiary/aromatic N) is 2. The largest absolute Gasteiger partial charge is 0.496 e. The number of hydrogen-bond donors (Lipinski definition) is 3. The number of aromatic amines is 1. The number of halogens is 1. The van der Waals surface area contributed by atoms with Crippen molar-refractivity contribution in [1.29, 1.82) is 0 Å². The first-order valence-corrected chi connectivity index (χ1v) is 11.8. The summed E-state index contributed by atoms with van der Waals surface area (Å²) in [7, 11) is 3.03. The van der Waals surface area contributed by atoms with Crippen LogP contribution in [0.3, 0.4) is 0 Å². The zero-order valence-electron chi connectivity index (χ0n) is 19.8. The number of rotatable bonds is 8. The van der Waals surface area contributed by atoms with E-state index < -0.39 is 23.4 Å². The van der Waals surface area contributed by atoms with Gasteiger partial charge in [-0.3, -0.25) is 14.4 Å². The summed E-state index contributed by atoms with van der Waals surface area (Å²) < 4.78 is 11.3. The molecule has 1 heterocycles. The Bertz CT molecular complexity index is 1540. The lowest BCUT2D eigenvalue weighted by Gasteiger charge is -2.18. The minimum absolute atomic E-state index is 0.164. The molecule has 1 aromatic heterocycles. The van der Waals surface area contributed by atoms with Crippen LogP contribution in [0.5, 0.6) is 11.5 Å². The molecule has 0 spiro atoms. The standard InChI is InChI=1S/C26H22BrN5O5/c1-36-20-13-21(37-2)19(27)12-16(20)14-28-31-26(35)23(29-24(33)15-8-4-3-5-9-15)22-17-10-6-7-11-18(17)25(34)32-30-22/h3-14,23H,1-2H3,(H,29,33)(H,31,35)(H,32,34)/b28-14-/t23-/m1/s1. The molecular formula is C26H22BrN5O5. The molecule has 3 N–H and O–H groups in total. The fraction of sp³-hybridized carbons (Fsp3) is 0.115. The summed E-state index contributed by atoms with van der Waals surface area (Å²) in [5.41, 5.74) is 3.11. The van der Waals surface area contributed by atoms with Crippen LogP contribution in [-0.2, 0) is 4.79 Å². The number of benzene rings is 3. The molecule has 1 atom stereocenters. The molecule has 0 aliphatic carbocycles. The highest BCUT2D eigenvalue weighted by Crippen LogP contribution is 2.32. The molecule has 0 fully saturated rings. The second-order valence-electron chi connectivity index (χ2n) is 7.72. The van der Waals surface area contributed by atoms with E-state index in [1.807, 2.05) is 0 Å². The van der Waals surface area contributed by atoms with Gasteiger partial charge >= 0.3 is 0 Å². The molecule has 188 valence electrons. The average molecular weight is 564 g/mol. The third-order valence-electron chi connectivity index (χ3n) is 5.46. The van der Waals surface area contributed by atoms with Crippen LogP contribution in [0, 0.1) is 0 Å². The number of carbonyl (C=O) groups is 2. The van der Waals surface area contributed by atoms with Crippen LogP contribution in [0.1, 0.15) is 27.7 Å². The predicted molar refractivity (Wildman–Crippen MR) is 142 cm³/mol. The van der Waals surface area contributed by atoms with Crippen molar-refractivity contribution in [1.82, 2.24) is 20.9 Å².